The molecule has 0 bridgehead atoms. The van der Waals surface area contributed by atoms with Crippen LogP contribution in [0.15, 0.2) is 71.6 Å². The summed E-state index contributed by atoms with van der Waals surface area (Å²) in [5.41, 5.74) is 7.08. The summed E-state index contributed by atoms with van der Waals surface area (Å²) in [7, 11) is -4.04. The number of piperidine rings is 1. The number of anilines is 1. The van der Waals surface area contributed by atoms with Gasteiger partial charge in [-0.2, -0.15) is 4.72 Å². The number of halogens is 1. The predicted molar refractivity (Wildman–Crippen MR) is 170 cm³/mol. The minimum absolute atomic E-state index is 0. The van der Waals surface area contributed by atoms with E-state index < -0.39 is 22.0 Å². The molecule has 0 aliphatic carbocycles. The Morgan fingerprint density at radius 1 is 1.09 bits per heavy atom. The summed E-state index contributed by atoms with van der Waals surface area (Å²) in [5.74, 6) is -0.712. The zero-order valence-corrected chi connectivity index (χ0v) is 25.7. The topological polar surface area (TPSA) is 167 Å². The summed E-state index contributed by atoms with van der Waals surface area (Å²) in [6, 6.07) is 18.3. The third kappa shape index (κ3) is 9.57. The smallest absolute Gasteiger partial charge is 0.325 e. The van der Waals surface area contributed by atoms with Gasteiger partial charge in [0.05, 0.1) is 11.5 Å². The van der Waals surface area contributed by atoms with E-state index in [0.29, 0.717) is 31.9 Å². The van der Waals surface area contributed by atoms with Crippen molar-refractivity contribution in [3.63, 3.8) is 0 Å². The van der Waals surface area contributed by atoms with Gasteiger partial charge in [-0.05, 0) is 72.7 Å². The van der Waals surface area contributed by atoms with Crippen LogP contribution in [0.4, 0.5) is 5.69 Å². The number of benzene rings is 3. The van der Waals surface area contributed by atoms with Gasteiger partial charge >= 0.3 is 5.97 Å². The molecule has 0 saturated carbocycles. The maximum Gasteiger partial charge on any atom is 0.325 e. The van der Waals surface area contributed by atoms with Crippen LogP contribution < -0.4 is 21.1 Å². The summed E-state index contributed by atoms with van der Waals surface area (Å²) in [6.07, 6.45) is 1.84. The Morgan fingerprint density at radius 3 is 2.51 bits per heavy atom. The van der Waals surface area contributed by atoms with Gasteiger partial charge in [0.1, 0.15) is 12.6 Å². The number of nitrogens with one attached hydrogen (secondary N) is 4. The molecular weight excluding hydrogens is 592 g/mol. The number of esters is 1. The Kier molecular flexibility index (Phi) is 12.2. The van der Waals surface area contributed by atoms with Gasteiger partial charge in [-0.15, -0.1) is 12.4 Å². The highest BCUT2D eigenvalue weighted by atomic mass is 35.5. The monoisotopic (exact) mass is 630 g/mol. The lowest BCUT2D eigenvalue weighted by Crippen LogP contribution is -2.51. The van der Waals surface area contributed by atoms with Gasteiger partial charge in [-0.1, -0.05) is 42.5 Å². The third-order valence-corrected chi connectivity index (χ3v) is 8.68. The minimum Gasteiger partial charge on any atom is -0.465 e. The van der Waals surface area contributed by atoms with E-state index in [2.05, 4.69) is 15.4 Å². The SMILES string of the molecule is CCOC(=O)CNc1ccc(C[C@@H](NS(=O)(=O)c2ccc3ccccc3c2)C(=O)NCC2CCCN(C(=N)N)C2)cc1.Cl. The highest BCUT2D eigenvalue weighted by Gasteiger charge is 2.28. The molecular formula is C30H39ClN6O5S. The molecule has 232 valence electrons. The fourth-order valence-electron chi connectivity index (χ4n) is 4.98. The summed E-state index contributed by atoms with van der Waals surface area (Å²) in [4.78, 5) is 26.9. The van der Waals surface area contributed by atoms with E-state index in [1.165, 1.54) is 6.07 Å². The number of nitrogens with two attached hydrogens (primary N) is 1. The Labute approximate surface area is 258 Å². The van der Waals surface area contributed by atoms with Crippen LogP contribution in [0.5, 0.6) is 0 Å². The molecule has 1 unspecified atom stereocenters. The van der Waals surface area contributed by atoms with Crippen molar-refractivity contribution in [1.82, 2.24) is 14.9 Å². The van der Waals surface area contributed by atoms with Crippen LogP contribution >= 0.6 is 12.4 Å². The molecule has 13 heteroatoms. The molecule has 43 heavy (non-hydrogen) atoms. The summed E-state index contributed by atoms with van der Waals surface area (Å²) >= 11 is 0. The van der Waals surface area contributed by atoms with Crippen LogP contribution in [-0.4, -0.2) is 70.0 Å². The van der Waals surface area contributed by atoms with Gasteiger partial charge < -0.3 is 26.0 Å². The van der Waals surface area contributed by atoms with Gasteiger partial charge in [0.25, 0.3) is 0 Å². The van der Waals surface area contributed by atoms with Crippen molar-refractivity contribution < 1.29 is 22.7 Å². The number of hydrogen-bond donors (Lipinski definition) is 5. The van der Waals surface area contributed by atoms with Gasteiger partial charge in [0.15, 0.2) is 5.96 Å². The number of sulfonamides is 1. The van der Waals surface area contributed by atoms with Gasteiger partial charge in [-0.3, -0.25) is 15.0 Å². The standard InChI is InChI=1S/C30H38N6O5S.ClH/c1-2-41-28(37)19-33-25-12-9-21(10-13-25)16-27(29(38)34-18-22-6-5-15-36(20-22)30(31)32)35-42(39,40)26-14-11-23-7-3-4-8-24(23)17-26;/h3-4,7-14,17,22,27,33,35H,2,5-6,15-16,18-20H2,1H3,(H3,31,32)(H,34,38);1H/t22?,27-;/m1./s1. The number of likely N-dealkylation sites (tertiary alicyclic amines) is 1. The van der Waals surface area contributed by atoms with Crippen molar-refractivity contribution in [1.29, 1.82) is 5.41 Å². The maximum atomic E-state index is 13.5. The highest BCUT2D eigenvalue weighted by molar-refractivity contribution is 7.89. The Balaban J connectivity index is 0.00000506. The predicted octanol–water partition coefficient (Wildman–Crippen LogP) is 2.85. The number of carbonyl (C=O) groups excluding carboxylic acids is 2. The molecule has 1 heterocycles. The Morgan fingerprint density at radius 2 is 1.81 bits per heavy atom. The molecule has 4 rings (SSSR count). The van der Waals surface area contributed by atoms with Crippen LogP contribution in [-0.2, 0) is 30.8 Å². The number of guanidine groups is 1. The van der Waals surface area contributed by atoms with Gasteiger partial charge in [0.2, 0.25) is 15.9 Å². The quantitative estimate of drug-likeness (QED) is 0.116. The summed E-state index contributed by atoms with van der Waals surface area (Å²) < 4.78 is 34.5. The van der Waals surface area contributed by atoms with E-state index in [-0.39, 0.29) is 48.1 Å². The molecule has 0 spiro atoms. The van der Waals surface area contributed by atoms with Crippen LogP contribution in [0.3, 0.4) is 0 Å². The molecule has 0 radical (unpaired) electrons. The molecule has 3 aromatic carbocycles. The van der Waals surface area contributed by atoms with Crippen LogP contribution in [0, 0.1) is 11.3 Å². The number of fused-ring (bicyclic) bond motifs is 1. The van der Waals surface area contributed by atoms with Crippen LogP contribution in [0.1, 0.15) is 25.3 Å². The second-order valence-corrected chi connectivity index (χ2v) is 12.0. The number of ether oxygens (including phenoxy) is 1. The van der Waals surface area contributed by atoms with E-state index in [1.54, 1.807) is 48.2 Å². The lowest BCUT2D eigenvalue weighted by atomic mass is 9.98. The highest BCUT2D eigenvalue weighted by Crippen LogP contribution is 2.20. The average molecular weight is 631 g/mol. The van der Waals surface area contributed by atoms with Crippen molar-refractivity contribution in [2.45, 2.75) is 37.1 Å². The summed E-state index contributed by atoms with van der Waals surface area (Å²) in [6.45, 7) is 3.67. The number of hydrogen-bond acceptors (Lipinski definition) is 7. The first kappa shape index (κ1) is 33.6. The second-order valence-electron chi connectivity index (χ2n) is 10.3. The number of carbonyl (C=O) groups is 2. The first-order chi connectivity index (χ1) is 20.1. The first-order valence-electron chi connectivity index (χ1n) is 14.0. The summed E-state index contributed by atoms with van der Waals surface area (Å²) in [5, 5.41) is 15.3. The van der Waals surface area contributed by atoms with E-state index >= 15 is 0 Å². The molecule has 1 fully saturated rings. The normalized spacial score (nSPS) is 15.7. The second kappa shape index (κ2) is 15.6. The first-order valence-corrected chi connectivity index (χ1v) is 15.5. The number of nitrogens with zero attached hydrogens (tertiary/aromatic N) is 1. The average Bonchev–Trinajstić information content (AvgIpc) is 2.99. The van der Waals surface area contributed by atoms with E-state index in [4.69, 9.17) is 15.9 Å². The maximum absolute atomic E-state index is 13.5. The third-order valence-electron chi connectivity index (χ3n) is 7.21. The Bertz CT molecular complexity index is 1520. The van der Waals surface area contributed by atoms with Crippen molar-refractivity contribution >= 4 is 56.7 Å². The molecule has 2 atom stereocenters. The van der Waals surface area contributed by atoms with E-state index in [9.17, 15) is 18.0 Å². The zero-order chi connectivity index (χ0) is 30.1. The van der Waals surface area contributed by atoms with Gasteiger partial charge in [-0.25, -0.2) is 8.42 Å². The molecule has 1 saturated heterocycles. The fourth-order valence-corrected chi connectivity index (χ4v) is 6.21. The largest absolute Gasteiger partial charge is 0.465 e. The van der Waals surface area contributed by atoms with Crippen LogP contribution in [0.2, 0.25) is 0 Å². The molecule has 1 amide bonds. The van der Waals surface area contributed by atoms with Crippen molar-refractivity contribution in [3.05, 3.63) is 72.3 Å². The van der Waals surface area contributed by atoms with Crippen LogP contribution in [0.25, 0.3) is 10.8 Å². The fraction of sp³-hybridized carbons (Fsp3) is 0.367. The molecule has 0 aromatic heterocycles. The zero-order valence-electron chi connectivity index (χ0n) is 24.0. The van der Waals surface area contributed by atoms with Crippen molar-refractivity contribution in [3.8, 4) is 0 Å². The lowest BCUT2D eigenvalue weighted by Gasteiger charge is -2.33. The van der Waals surface area contributed by atoms with Crippen molar-refractivity contribution in [2.75, 3.05) is 38.1 Å². The molecule has 1 aliphatic rings. The van der Waals surface area contributed by atoms with E-state index in [0.717, 1.165) is 29.2 Å². The van der Waals surface area contributed by atoms with E-state index in [1.807, 2.05) is 24.3 Å². The van der Waals surface area contributed by atoms with Gasteiger partial charge in [0, 0.05) is 25.3 Å². The Hall–Kier alpha value is -3.87. The molecule has 1 aliphatic heterocycles. The number of amides is 1. The van der Waals surface area contributed by atoms with Crippen molar-refractivity contribution in [2.24, 2.45) is 11.7 Å². The number of rotatable bonds is 12. The molecule has 11 nitrogen and oxygen atoms in total. The molecule has 3 aromatic rings. The lowest BCUT2D eigenvalue weighted by molar-refractivity contribution is -0.140. The molecule has 6 N–H and O–H groups in total. The minimum atomic E-state index is -4.04.